The maximum atomic E-state index is 2.51. The van der Waals surface area contributed by atoms with Crippen molar-refractivity contribution < 1.29 is 0 Å². The normalized spacial score (nSPS) is 17.0. The van der Waals surface area contributed by atoms with Crippen LogP contribution in [0.15, 0.2) is 24.3 Å². The third-order valence-electron chi connectivity index (χ3n) is 2.84. The van der Waals surface area contributed by atoms with Crippen LogP contribution in [0.1, 0.15) is 24.5 Å². The molecule has 70 valence electrons. The summed E-state index contributed by atoms with van der Waals surface area (Å²) >= 11 is 0. The molecule has 1 aliphatic heterocycles. The first kappa shape index (κ1) is 8.76. The van der Waals surface area contributed by atoms with Crippen LogP contribution in [0, 0.1) is 0 Å². The van der Waals surface area contributed by atoms with Gasteiger partial charge < -0.3 is 0 Å². The van der Waals surface area contributed by atoms with E-state index in [-0.39, 0.29) is 0 Å². The molecule has 0 amide bonds. The van der Waals surface area contributed by atoms with Gasteiger partial charge in [-0.3, -0.25) is 4.90 Å². The van der Waals surface area contributed by atoms with E-state index in [1.165, 1.54) is 30.6 Å². The van der Waals surface area contributed by atoms with Gasteiger partial charge in [0.05, 0.1) is 0 Å². The quantitative estimate of drug-likeness (QED) is 0.682. The van der Waals surface area contributed by atoms with Gasteiger partial charge in [0.25, 0.3) is 0 Å². The lowest BCUT2D eigenvalue weighted by atomic mass is 10.0. The maximum Gasteiger partial charge on any atom is 0.0236 e. The molecule has 13 heavy (non-hydrogen) atoms. The fourth-order valence-corrected chi connectivity index (χ4v) is 1.84. The number of likely N-dealkylation sites (tertiary alicyclic amines) is 1. The lowest BCUT2D eigenvalue weighted by Gasteiger charge is -2.31. The molecule has 0 aromatic heterocycles. The van der Waals surface area contributed by atoms with Crippen molar-refractivity contribution in [2.45, 2.75) is 26.3 Å². The summed E-state index contributed by atoms with van der Waals surface area (Å²) in [6.45, 7) is 5.97. The van der Waals surface area contributed by atoms with Crippen molar-refractivity contribution in [3.05, 3.63) is 35.4 Å². The Balaban J connectivity index is 2.08. The zero-order chi connectivity index (χ0) is 9.10. The predicted octanol–water partition coefficient (Wildman–Crippen LogP) is 2.45. The van der Waals surface area contributed by atoms with Gasteiger partial charge in [0.15, 0.2) is 0 Å². The summed E-state index contributed by atoms with van der Waals surface area (Å²) in [6, 6.07) is 8.79. The minimum atomic E-state index is 1.16. The second-order valence-electron chi connectivity index (χ2n) is 3.75. The molecule has 0 atom stereocenters. The fraction of sp³-hybridized carbons (Fsp3) is 0.500. The number of aryl methyl sites for hydroxylation is 1. The Morgan fingerprint density at radius 1 is 1.15 bits per heavy atom. The summed E-state index contributed by atoms with van der Waals surface area (Å²) in [5.41, 5.74) is 3.03. The lowest BCUT2D eigenvalue weighted by Crippen LogP contribution is -2.36. The molecule has 2 rings (SSSR count). The van der Waals surface area contributed by atoms with Gasteiger partial charge in [0, 0.05) is 6.54 Å². The molecule has 1 aromatic carbocycles. The SMILES string of the molecule is CCc1ccccc1CN1CCC1. The topological polar surface area (TPSA) is 3.24 Å². The van der Waals surface area contributed by atoms with Crippen molar-refractivity contribution in [2.75, 3.05) is 13.1 Å². The number of nitrogens with zero attached hydrogens (tertiary/aromatic N) is 1. The van der Waals surface area contributed by atoms with E-state index in [9.17, 15) is 0 Å². The lowest BCUT2D eigenvalue weighted by molar-refractivity contribution is 0.172. The molecule has 0 unspecified atom stereocenters. The molecular formula is C12H17N. The summed E-state index contributed by atoms with van der Waals surface area (Å²) in [6.07, 6.45) is 2.54. The Kier molecular flexibility index (Phi) is 2.65. The van der Waals surface area contributed by atoms with Crippen molar-refractivity contribution >= 4 is 0 Å². The van der Waals surface area contributed by atoms with E-state index in [0.717, 1.165) is 13.0 Å². The molecule has 0 spiro atoms. The van der Waals surface area contributed by atoms with Crippen LogP contribution in [-0.2, 0) is 13.0 Å². The highest BCUT2D eigenvalue weighted by Gasteiger charge is 2.14. The standard InChI is InChI=1S/C12H17N/c1-2-11-6-3-4-7-12(11)10-13-8-5-9-13/h3-4,6-7H,2,5,8-10H2,1H3. The Morgan fingerprint density at radius 3 is 2.38 bits per heavy atom. The van der Waals surface area contributed by atoms with E-state index < -0.39 is 0 Å². The predicted molar refractivity (Wildman–Crippen MR) is 55.7 cm³/mol. The van der Waals surface area contributed by atoms with Gasteiger partial charge in [0.2, 0.25) is 0 Å². The molecule has 1 aliphatic rings. The first-order chi connectivity index (χ1) is 6.40. The first-order valence-electron chi connectivity index (χ1n) is 5.19. The first-order valence-corrected chi connectivity index (χ1v) is 5.19. The van der Waals surface area contributed by atoms with Crippen molar-refractivity contribution in [2.24, 2.45) is 0 Å². The zero-order valence-corrected chi connectivity index (χ0v) is 8.29. The van der Waals surface area contributed by atoms with E-state index in [0.29, 0.717) is 0 Å². The average molecular weight is 175 g/mol. The molecule has 1 heterocycles. The molecule has 1 nitrogen and oxygen atoms in total. The second kappa shape index (κ2) is 3.93. The molecule has 1 fully saturated rings. The van der Waals surface area contributed by atoms with Gasteiger partial charge >= 0.3 is 0 Å². The highest BCUT2D eigenvalue weighted by molar-refractivity contribution is 5.27. The summed E-state index contributed by atoms with van der Waals surface area (Å²) in [4.78, 5) is 2.51. The smallest absolute Gasteiger partial charge is 0.0236 e. The maximum absolute atomic E-state index is 2.51. The van der Waals surface area contributed by atoms with Crippen LogP contribution in [-0.4, -0.2) is 18.0 Å². The summed E-state index contributed by atoms with van der Waals surface area (Å²) in [7, 11) is 0. The Morgan fingerprint density at radius 2 is 1.85 bits per heavy atom. The van der Waals surface area contributed by atoms with Gasteiger partial charge in [-0.15, -0.1) is 0 Å². The van der Waals surface area contributed by atoms with Crippen molar-refractivity contribution in [3.63, 3.8) is 0 Å². The molecule has 0 radical (unpaired) electrons. The molecule has 0 N–H and O–H groups in total. The molecule has 1 heteroatoms. The van der Waals surface area contributed by atoms with Crippen molar-refractivity contribution in [3.8, 4) is 0 Å². The molecule has 0 aliphatic carbocycles. The van der Waals surface area contributed by atoms with Crippen LogP contribution in [0.3, 0.4) is 0 Å². The van der Waals surface area contributed by atoms with Crippen LogP contribution < -0.4 is 0 Å². The van der Waals surface area contributed by atoms with Gasteiger partial charge in [-0.25, -0.2) is 0 Å². The summed E-state index contributed by atoms with van der Waals surface area (Å²) in [5.74, 6) is 0. The Labute approximate surface area is 80.4 Å². The highest BCUT2D eigenvalue weighted by atomic mass is 15.2. The van der Waals surface area contributed by atoms with Crippen LogP contribution in [0.4, 0.5) is 0 Å². The minimum absolute atomic E-state index is 1.16. The van der Waals surface area contributed by atoms with Crippen molar-refractivity contribution in [1.82, 2.24) is 4.90 Å². The monoisotopic (exact) mass is 175 g/mol. The van der Waals surface area contributed by atoms with Crippen LogP contribution in [0.25, 0.3) is 0 Å². The highest BCUT2D eigenvalue weighted by Crippen LogP contribution is 2.16. The zero-order valence-electron chi connectivity index (χ0n) is 8.29. The van der Waals surface area contributed by atoms with Gasteiger partial charge in [-0.1, -0.05) is 31.2 Å². The Bertz CT molecular complexity index is 276. The number of hydrogen-bond acceptors (Lipinski definition) is 1. The van der Waals surface area contributed by atoms with Crippen LogP contribution >= 0.6 is 0 Å². The minimum Gasteiger partial charge on any atom is -0.299 e. The molecule has 0 saturated carbocycles. The van der Waals surface area contributed by atoms with E-state index >= 15 is 0 Å². The van der Waals surface area contributed by atoms with Crippen molar-refractivity contribution in [1.29, 1.82) is 0 Å². The largest absolute Gasteiger partial charge is 0.299 e. The number of hydrogen-bond donors (Lipinski definition) is 0. The van der Waals surface area contributed by atoms with E-state index in [1.807, 2.05) is 0 Å². The van der Waals surface area contributed by atoms with Gasteiger partial charge in [0.1, 0.15) is 0 Å². The van der Waals surface area contributed by atoms with Crippen LogP contribution in [0.2, 0.25) is 0 Å². The number of benzene rings is 1. The molecule has 0 bridgehead atoms. The third-order valence-corrected chi connectivity index (χ3v) is 2.84. The fourth-order valence-electron chi connectivity index (χ4n) is 1.84. The van der Waals surface area contributed by atoms with E-state index in [4.69, 9.17) is 0 Å². The van der Waals surface area contributed by atoms with Gasteiger partial charge in [-0.2, -0.15) is 0 Å². The van der Waals surface area contributed by atoms with E-state index in [2.05, 4.69) is 36.1 Å². The summed E-state index contributed by atoms with van der Waals surface area (Å²) < 4.78 is 0. The van der Waals surface area contributed by atoms with Crippen LogP contribution in [0.5, 0.6) is 0 Å². The molecule has 1 aromatic rings. The molecular weight excluding hydrogens is 158 g/mol. The average Bonchev–Trinajstić information content (AvgIpc) is 2.12. The molecule has 1 saturated heterocycles. The number of rotatable bonds is 3. The second-order valence-corrected chi connectivity index (χ2v) is 3.75. The Hall–Kier alpha value is -0.820. The third kappa shape index (κ3) is 1.92. The van der Waals surface area contributed by atoms with E-state index in [1.54, 1.807) is 0 Å². The summed E-state index contributed by atoms with van der Waals surface area (Å²) in [5, 5.41) is 0. The van der Waals surface area contributed by atoms with Gasteiger partial charge in [-0.05, 0) is 37.1 Å².